The maximum absolute atomic E-state index is 5.48. The van der Waals surface area contributed by atoms with Crippen molar-refractivity contribution in [3.63, 3.8) is 0 Å². The number of methoxy groups -OCH3 is 1. The summed E-state index contributed by atoms with van der Waals surface area (Å²) < 4.78 is 5.48. The molecule has 1 heterocycles. The van der Waals surface area contributed by atoms with Crippen LogP contribution in [0.15, 0.2) is 24.5 Å². The standard InChI is InChI=1S/C12H20N2O/c1-12(2,15-4)11(13-3)9-10-5-7-14-8-6-10/h5-8,11,13H,9H2,1-4H3. The topological polar surface area (TPSA) is 34.2 Å². The normalized spacial score (nSPS) is 13.9. The molecule has 1 aromatic heterocycles. The van der Waals surface area contributed by atoms with Crippen LogP contribution in [0.4, 0.5) is 0 Å². The first-order valence-electron chi connectivity index (χ1n) is 5.21. The van der Waals surface area contributed by atoms with Crippen LogP contribution in [0.25, 0.3) is 0 Å². The van der Waals surface area contributed by atoms with Crippen molar-refractivity contribution in [1.29, 1.82) is 0 Å². The van der Waals surface area contributed by atoms with Crippen LogP contribution >= 0.6 is 0 Å². The third-order valence-corrected chi connectivity index (χ3v) is 2.90. The van der Waals surface area contributed by atoms with Crippen molar-refractivity contribution in [2.24, 2.45) is 0 Å². The van der Waals surface area contributed by atoms with Crippen molar-refractivity contribution in [3.05, 3.63) is 30.1 Å². The molecule has 3 nitrogen and oxygen atoms in total. The van der Waals surface area contributed by atoms with Gasteiger partial charge in [-0.05, 0) is 45.0 Å². The van der Waals surface area contributed by atoms with Crippen molar-refractivity contribution in [2.45, 2.75) is 31.9 Å². The molecule has 0 amide bonds. The Bertz CT molecular complexity index is 285. The zero-order valence-electron chi connectivity index (χ0n) is 9.95. The van der Waals surface area contributed by atoms with Gasteiger partial charge in [-0.3, -0.25) is 4.98 Å². The van der Waals surface area contributed by atoms with E-state index in [1.165, 1.54) is 5.56 Å². The predicted molar refractivity (Wildman–Crippen MR) is 61.9 cm³/mol. The van der Waals surface area contributed by atoms with E-state index in [-0.39, 0.29) is 5.60 Å². The molecular formula is C12H20N2O. The molecule has 84 valence electrons. The van der Waals surface area contributed by atoms with E-state index in [0.717, 1.165) is 6.42 Å². The molecule has 0 radical (unpaired) electrons. The molecule has 0 saturated heterocycles. The summed E-state index contributed by atoms with van der Waals surface area (Å²) in [6, 6.07) is 4.37. The molecule has 0 aliphatic rings. The zero-order chi connectivity index (χ0) is 11.3. The molecule has 1 unspecified atom stereocenters. The fourth-order valence-corrected chi connectivity index (χ4v) is 1.59. The summed E-state index contributed by atoms with van der Waals surface area (Å²) >= 11 is 0. The van der Waals surface area contributed by atoms with Gasteiger partial charge in [0.05, 0.1) is 5.60 Å². The van der Waals surface area contributed by atoms with Crippen LogP contribution in [-0.2, 0) is 11.2 Å². The molecule has 0 saturated carbocycles. The largest absolute Gasteiger partial charge is 0.377 e. The number of pyridine rings is 1. The third-order valence-electron chi connectivity index (χ3n) is 2.90. The van der Waals surface area contributed by atoms with Crippen LogP contribution < -0.4 is 5.32 Å². The van der Waals surface area contributed by atoms with Crippen LogP contribution in [0, 0.1) is 0 Å². The maximum atomic E-state index is 5.48. The summed E-state index contributed by atoms with van der Waals surface area (Å²) in [5.74, 6) is 0. The zero-order valence-corrected chi connectivity index (χ0v) is 9.95. The Balaban J connectivity index is 2.70. The lowest BCUT2D eigenvalue weighted by Crippen LogP contribution is -2.48. The van der Waals surface area contributed by atoms with Gasteiger partial charge in [0.2, 0.25) is 0 Å². The lowest BCUT2D eigenvalue weighted by atomic mass is 9.93. The predicted octanol–water partition coefficient (Wildman–Crippen LogP) is 1.64. The van der Waals surface area contributed by atoms with E-state index in [1.807, 2.05) is 31.6 Å². The van der Waals surface area contributed by atoms with Gasteiger partial charge >= 0.3 is 0 Å². The minimum Gasteiger partial charge on any atom is -0.377 e. The van der Waals surface area contributed by atoms with Gasteiger partial charge in [0.15, 0.2) is 0 Å². The average Bonchev–Trinajstić information content (AvgIpc) is 2.27. The molecule has 1 aromatic rings. The van der Waals surface area contributed by atoms with Gasteiger partial charge < -0.3 is 10.1 Å². The van der Waals surface area contributed by atoms with Crippen molar-refractivity contribution in [3.8, 4) is 0 Å². The van der Waals surface area contributed by atoms with E-state index in [1.54, 1.807) is 7.11 Å². The Kier molecular flexibility index (Phi) is 4.24. The van der Waals surface area contributed by atoms with Crippen LogP contribution in [-0.4, -0.2) is 30.8 Å². The highest BCUT2D eigenvalue weighted by Gasteiger charge is 2.27. The van der Waals surface area contributed by atoms with E-state index >= 15 is 0 Å². The molecule has 0 bridgehead atoms. The average molecular weight is 208 g/mol. The molecule has 0 aliphatic carbocycles. The van der Waals surface area contributed by atoms with Crippen LogP contribution in [0.1, 0.15) is 19.4 Å². The van der Waals surface area contributed by atoms with E-state index in [0.29, 0.717) is 6.04 Å². The van der Waals surface area contributed by atoms with E-state index in [9.17, 15) is 0 Å². The molecule has 1 atom stereocenters. The highest BCUT2D eigenvalue weighted by atomic mass is 16.5. The summed E-state index contributed by atoms with van der Waals surface area (Å²) in [7, 11) is 3.71. The minimum absolute atomic E-state index is 0.169. The van der Waals surface area contributed by atoms with E-state index < -0.39 is 0 Å². The quantitative estimate of drug-likeness (QED) is 0.798. The molecular weight excluding hydrogens is 188 g/mol. The molecule has 1 N–H and O–H groups in total. The Labute approximate surface area is 91.9 Å². The second-order valence-corrected chi connectivity index (χ2v) is 4.21. The summed E-state index contributed by atoms with van der Waals surface area (Å²) in [6.45, 7) is 4.19. The maximum Gasteiger partial charge on any atom is 0.0778 e. The van der Waals surface area contributed by atoms with E-state index in [2.05, 4.69) is 24.1 Å². The number of nitrogens with one attached hydrogen (secondary N) is 1. The van der Waals surface area contributed by atoms with Crippen molar-refractivity contribution >= 4 is 0 Å². The van der Waals surface area contributed by atoms with Crippen LogP contribution in [0.5, 0.6) is 0 Å². The monoisotopic (exact) mass is 208 g/mol. The van der Waals surface area contributed by atoms with Crippen LogP contribution in [0.2, 0.25) is 0 Å². The first kappa shape index (κ1) is 12.1. The summed E-state index contributed by atoms with van der Waals surface area (Å²) in [6.07, 6.45) is 4.59. The van der Waals surface area contributed by atoms with Crippen molar-refractivity contribution in [1.82, 2.24) is 10.3 Å². The van der Waals surface area contributed by atoms with Gasteiger partial charge in [-0.1, -0.05) is 0 Å². The van der Waals surface area contributed by atoms with Gasteiger partial charge in [0, 0.05) is 25.5 Å². The fourth-order valence-electron chi connectivity index (χ4n) is 1.59. The molecule has 0 aromatic carbocycles. The van der Waals surface area contributed by atoms with Gasteiger partial charge in [-0.25, -0.2) is 0 Å². The Morgan fingerprint density at radius 2 is 2.00 bits per heavy atom. The molecule has 0 aliphatic heterocycles. The summed E-state index contributed by atoms with van der Waals surface area (Å²) in [4.78, 5) is 4.01. The van der Waals surface area contributed by atoms with Gasteiger partial charge in [-0.2, -0.15) is 0 Å². The van der Waals surface area contributed by atoms with Crippen molar-refractivity contribution < 1.29 is 4.74 Å². The highest BCUT2D eigenvalue weighted by molar-refractivity contribution is 5.12. The first-order chi connectivity index (χ1) is 7.10. The fraction of sp³-hybridized carbons (Fsp3) is 0.583. The first-order valence-corrected chi connectivity index (χ1v) is 5.21. The Morgan fingerprint density at radius 3 is 2.47 bits per heavy atom. The SMILES string of the molecule is CNC(Cc1ccncc1)C(C)(C)OC. The lowest BCUT2D eigenvalue weighted by molar-refractivity contribution is -0.00797. The third kappa shape index (κ3) is 3.29. The number of aromatic nitrogens is 1. The number of ether oxygens (including phenoxy) is 1. The summed E-state index contributed by atoms with van der Waals surface area (Å²) in [5, 5.41) is 3.30. The van der Waals surface area contributed by atoms with E-state index in [4.69, 9.17) is 4.74 Å². The molecule has 0 spiro atoms. The van der Waals surface area contributed by atoms with Gasteiger partial charge in [-0.15, -0.1) is 0 Å². The highest BCUT2D eigenvalue weighted by Crippen LogP contribution is 2.17. The van der Waals surface area contributed by atoms with Gasteiger partial charge in [0.1, 0.15) is 0 Å². The second-order valence-electron chi connectivity index (χ2n) is 4.21. The lowest BCUT2D eigenvalue weighted by Gasteiger charge is -2.33. The molecule has 15 heavy (non-hydrogen) atoms. The number of rotatable bonds is 5. The number of likely N-dealkylation sites (N-methyl/N-ethyl adjacent to an activating group) is 1. The number of nitrogens with zero attached hydrogens (tertiary/aromatic N) is 1. The van der Waals surface area contributed by atoms with Crippen molar-refractivity contribution in [2.75, 3.05) is 14.2 Å². The molecule has 0 fully saturated rings. The number of hydrogen-bond acceptors (Lipinski definition) is 3. The van der Waals surface area contributed by atoms with Gasteiger partial charge in [0.25, 0.3) is 0 Å². The Hall–Kier alpha value is -0.930. The molecule has 1 rings (SSSR count). The Morgan fingerprint density at radius 1 is 1.40 bits per heavy atom. The van der Waals surface area contributed by atoms with Crippen LogP contribution in [0.3, 0.4) is 0 Å². The minimum atomic E-state index is -0.169. The molecule has 3 heteroatoms. The summed E-state index contributed by atoms with van der Waals surface area (Å²) in [5.41, 5.74) is 1.10. The smallest absolute Gasteiger partial charge is 0.0778 e. The second kappa shape index (κ2) is 5.24. The number of hydrogen-bond donors (Lipinski definition) is 1.